The number of esters is 1. The van der Waals surface area contributed by atoms with Gasteiger partial charge in [-0.3, -0.25) is 0 Å². The van der Waals surface area contributed by atoms with Crippen LogP contribution in [0.3, 0.4) is 0 Å². The summed E-state index contributed by atoms with van der Waals surface area (Å²) < 4.78 is 11.9. The molecule has 0 aromatic carbocycles. The van der Waals surface area contributed by atoms with Crippen LogP contribution in [0.4, 0.5) is 0 Å². The van der Waals surface area contributed by atoms with E-state index in [-0.39, 0.29) is 12.0 Å². The van der Waals surface area contributed by atoms with Crippen LogP contribution < -0.4 is 0 Å². The normalized spacial score (nSPS) is 12.5. The van der Waals surface area contributed by atoms with Crippen molar-refractivity contribution in [3.8, 4) is 0 Å². The maximum atomic E-state index is 11.4. The summed E-state index contributed by atoms with van der Waals surface area (Å²) in [5, 5.41) is 0. The maximum absolute atomic E-state index is 11.4. The number of methoxy groups -OCH3 is 1. The number of hydrogen-bond donors (Lipinski definition) is 0. The average Bonchev–Trinajstić information content (AvgIpc) is 2.67. The van der Waals surface area contributed by atoms with Gasteiger partial charge in [0.05, 0.1) is 24.8 Å². The van der Waals surface area contributed by atoms with E-state index in [1.54, 1.807) is 26.3 Å². The lowest BCUT2D eigenvalue weighted by Gasteiger charge is -2.11. The van der Waals surface area contributed by atoms with Gasteiger partial charge in [0.15, 0.2) is 0 Å². The van der Waals surface area contributed by atoms with Gasteiger partial charge in [-0.05, 0) is 19.9 Å². The number of carbonyl (C=O) groups is 1. The van der Waals surface area contributed by atoms with Crippen molar-refractivity contribution in [2.45, 2.75) is 19.9 Å². The fraction of sp³-hybridized carbons (Fsp3) is 0.545. The number of carbonyl (C=O) groups excluding carboxylic acids is 1. The summed E-state index contributed by atoms with van der Waals surface area (Å²) in [5.74, 6) is -0.277. The van der Waals surface area contributed by atoms with Crippen molar-refractivity contribution in [2.24, 2.45) is 0 Å². The molecule has 0 unspecified atom stereocenters. The highest BCUT2D eigenvalue weighted by molar-refractivity contribution is 5.89. The Kier molecular flexibility index (Phi) is 4.37. The summed E-state index contributed by atoms with van der Waals surface area (Å²) in [6.07, 6.45) is 3.64. The van der Waals surface area contributed by atoms with Crippen molar-refractivity contribution in [3.05, 3.63) is 24.0 Å². The molecule has 0 aliphatic heterocycles. The van der Waals surface area contributed by atoms with Crippen LogP contribution in [0.1, 0.15) is 30.2 Å². The van der Waals surface area contributed by atoms with Crippen molar-refractivity contribution >= 4 is 5.97 Å². The Morgan fingerprint density at radius 3 is 2.93 bits per heavy atom. The Balaban J connectivity index is 2.67. The Hall–Kier alpha value is -1.29. The van der Waals surface area contributed by atoms with Gasteiger partial charge in [0, 0.05) is 19.5 Å². The summed E-state index contributed by atoms with van der Waals surface area (Å²) >= 11 is 0. The summed E-state index contributed by atoms with van der Waals surface area (Å²) in [4.78, 5) is 11.4. The first-order valence-electron chi connectivity index (χ1n) is 5.02. The highest BCUT2D eigenvalue weighted by Crippen LogP contribution is 2.10. The molecular formula is C11H17NO3. The van der Waals surface area contributed by atoms with Crippen LogP contribution in [0.25, 0.3) is 0 Å². The Bertz CT molecular complexity index is 319. The standard InChI is InChI=1S/C11H17NO3/c1-4-15-11(13)10-5-6-12(7-10)9(2)8-14-3/h5-7,9H,4,8H2,1-3H3/t9-/m1/s1. The topological polar surface area (TPSA) is 40.5 Å². The minimum Gasteiger partial charge on any atom is -0.462 e. The number of hydrogen-bond acceptors (Lipinski definition) is 3. The van der Waals surface area contributed by atoms with Gasteiger partial charge in [0.2, 0.25) is 0 Å². The number of aromatic nitrogens is 1. The van der Waals surface area contributed by atoms with E-state index in [4.69, 9.17) is 9.47 Å². The molecule has 0 saturated carbocycles. The first-order chi connectivity index (χ1) is 7.19. The molecule has 0 amide bonds. The molecule has 84 valence electrons. The molecule has 0 N–H and O–H groups in total. The second kappa shape index (κ2) is 5.56. The van der Waals surface area contributed by atoms with Gasteiger partial charge in [-0.25, -0.2) is 4.79 Å². The molecule has 0 aliphatic carbocycles. The van der Waals surface area contributed by atoms with Crippen LogP contribution in [0.5, 0.6) is 0 Å². The fourth-order valence-electron chi connectivity index (χ4n) is 1.35. The van der Waals surface area contributed by atoms with Crippen molar-refractivity contribution in [2.75, 3.05) is 20.3 Å². The third-order valence-electron chi connectivity index (χ3n) is 2.14. The first kappa shape index (κ1) is 11.8. The van der Waals surface area contributed by atoms with E-state index in [0.29, 0.717) is 18.8 Å². The zero-order chi connectivity index (χ0) is 11.3. The molecule has 1 atom stereocenters. The van der Waals surface area contributed by atoms with E-state index >= 15 is 0 Å². The molecule has 0 saturated heterocycles. The first-order valence-corrected chi connectivity index (χ1v) is 5.02. The van der Waals surface area contributed by atoms with Crippen LogP contribution >= 0.6 is 0 Å². The molecule has 0 radical (unpaired) electrons. The second-order valence-corrected chi connectivity index (χ2v) is 3.37. The minimum atomic E-state index is -0.277. The van der Waals surface area contributed by atoms with E-state index < -0.39 is 0 Å². The largest absolute Gasteiger partial charge is 0.462 e. The lowest BCUT2D eigenvalue weighted by Crippen LogP contribution is -2.09. The van der Waals surface area contributed by atoms with Gasteiger partial charge in [-0.15, -0.1) is 0 Å². The van der Waals surface area contributed by atoms with E-state index in [0.717, 1.165) is 0 Å². The van der Waals surface area contributed by atoms with Crippen molar-refractivity contribution < 1.29 is 14.3 Å². The molecule has 15 heavy (non-hydrogen) atoms. The Morgan fingerprint density at radius 2 is 2.33 bits per heavy atom. The van der Waals surface area contributed by atoms with Gasteiger partial charge >= 0.3 is 5.97 Å². The highest BCUT2D eigenvalue weighted by Gasteiger charge is 2.10. The lowest BCUT2D eigenvalue weighted by atomic mass is 10.3. The molecule has 1 aromatic heterocycles. The van der Waals surface area contributed by atoms with Crippen molar-refractivity contribution in [1.29, 1.82) is 0 Å². The Morgan fingerprint density at radius 1 is 1.60 bits per heavy atom. The van der Waals surface area contributed by atoms with E-state index in [9.17, 15) is 4.79 Å². The molecule has 0 fully saturated rings. The summed E-state index contributed by atoms with van der Waals surface area (Å²) in [6, 6.07) is 1.97. The molecule has 0 aliphatic rings. The molecule has 1 rings (SSSR count). The van der Waals surface area contributed by atoms with E-state index in [2.05, 4.69) is 0 Å². The monoisotopic (exact) mass is 211 g/mol. The number of ether oxygens (including phenoxy) is 2. The molecule has 1 heterocycles. The van der Waals surface area contributed by atoms with Crippen LogP contribution in [0, 0.1) is 0 Å². The van der Waals surface area contributed by atoms with Gasteiger partial charge in [0.1, 0.15) is 0 Å². The maximum Gasteiger partial charge on any atom is 0.339 e. The Labute approximate surface area is 89.8 Å². The SMILES string of the molecule is CCOC(=O)c1ccn([C@H](C)COC)c1. The zero-order valence-corrected chi connectivity index (χ0v) is 9.40. The van der Waals surface area contributed by atoms with E-state index in [1.165, 1.54) is 0 Å². The molecular weight excluding hydrogens is 194 g/mol. The third-order valence-corrected chi connectivity index (χ3v) is 2.14. The summed E-state index contributed by atoms with van der Waals surface area (Å²) in [7, 11) is 1.66. The zero-order valence-electron chi connectivity index (χ0n) is 9.40. The molecule has 0 spiro atoms. The van der Waals surface area contributed by atoms with Crippen LogP contribution in [-0.4, -0.2) is 30.9 Å². The quantitative estimate of drug-likeness (QED) is 0.698. The second-order valence-electron chi connectivity index (χ2n) is 3.37. The van der Waals surface area contributed by atoms with Gasteiger partial charge in [-0.1, -0.05) is 0 Å². The predicted octanol–water partition coefficient (Wildman–Crippen LogP) is 1.87. The third kappa shape index (κ3) is 3.09. The molecule has 4 heteroatoms. The molecule has 1 aromatic rings. The van der Waals surface area contributed by atoms with Crippen molar-refractivity contribution in [1.82, 2.24) is 4.57 Å². The average molecular weight is 211 g/mol. The lowest BCUT2D eigenvalue weighted by molar-refractivity contribution is 0.0526. The molecule has 0 bridgehead atoms. The van der Waals surface area contributed by atoms with Gasteiger partial charge < -0.3 is 14.0 Å². The smallest absolute Gasteiger partial charge is 0.339 e. The van der Waals surface area contributed by atoms with Crippen LogP contribution in [-0.2, 0) is 9.47 Å². The van der Waals surface area contributed by atoms with E-state index in [1.807, 2.05) is 17.7 Å². The summed E-state index contributed by atoms with van der Waals surface area (Å²) in [5.41, 5.74) is 0.583. The number of rotatable bonds is 5. The highest BCUT2D eigenvalue weighted by atomic mass is 16.5. The van der Waals surface area contributed by atoms with Gasteiger partial charge in [-0.2, -0.15) is 0 Å². The van der Waals surface area contributed by atoms with Crippen molar-refractivity contribution in [3.63, 3.8) is 0 Å². The van der Waals surface area contributed by atoms with Gasteiger partial charge in [0.25, 0.3) is 0 Å². The molecule has 4 nitrogen and oxygen atoms in total. The van der Waals surface area contributed by atoms with Crippen LogP contribution in [0.15, 0.2) is 18.5 Å². The fourth-order valence-corrected chi connectivity index (χ4v) is 1.35. The number of nitrogens with zero attached hydrogens (tertiary/aromatic N) is 1. The summed E-state index contributed by atoms with van der Waals surface area (Å²) in [6.45, 7) is 4.84. The van der Waals surface area contributed by atoms with Crippen LogP contribution in [0.2, 0.25) is 0 Å². The predicted molar refractivity (Wildman–Crippen MR) is 57.0 cm³/mol. The minimum absolute atomic E-state index is 0.221.